The number of nitrogens with zero attached hydrogens (tertiary/aromatic N) is 4. The smallest absolute Gasteiger partial charge is 0.230 e. The highest BCUT2D eigenvalue weighted by Crippen LogP contribution is 2.12. The summed E-state index contributed by atoms with van der Waals surface area (Å²) in [5, 5.41) is 2.58. The Morgan fingerprint density at radius 3 is 2.38 bits per heavy atom. The summed E-state index contributed by atoms with van der Waals surface area (Å²) in [6.45, 7) is 0.469. The third-order valence-electron chi connectivity index (χ3n) is 1.86. The van der Waals surface area contributed by atoms with Gasteiger partial charge in [0.2, 0.25) is 22.4 Å². The first-order chi connectivity index (χ1) is 7.52. The van der Waals surface area contributed by atoms with Crippen molar-refractivity contribution >= 4 is 35.1 Å². The van der Waals surface area contributed by atoms with Crippen molar-refractivity contribution in [1.82, 2.24) is 20.3 Å². The molecular formula is C8H11Cl2N5O. The van der Waals surface area contributed by atoms with Crippen LogP contribution in [0.5, 0.6) is 0 Å². The Hall–Kier alpha value is -1.14. The van der Waals surface area contributed by atoms with Gasteiger partial charge in [-0.1, -0.05) is 0 Å². The van der Waals surface area contributed by atoms with E-state index in [2.05, 4.69) is 20.3 Å². The lowest BCUT2D eigenvalue weighted by Crippen LogP contribution is -2.27. The first-order valence-corrected chi connectivity index (χ1v) is 5.27. The molecule has 8 heteroatoms. The normalized spacial score (nSPS) is 10.0. The molecule has 0 fully saturated rings. The van der Waals surface area contributed by atoms with E-state index in [1.165, 1.54) is 0 Å². The van der Waals surface area contributed by atoms with E-state index >= 15 is 0 Å². The Balaban J connectivity index is 2.65. The van der Waals surface area contributed by atoms with Gasteiger partial charge in [0.1, 0.15) is 0 Å². The zero-order chi connectivity index (χ0) is 12.1. The van der Waals surface area contributed by atoms with Crippen LogP contribution in [0.15, 0.2) is 0 Å². The molecule has 6 nitrogen and oxygen atoms in total. The molecule has 1 N–H and O–H groups in total. The maximum Gasteiger partial charge on any atom is 0.230 e. The van der Waals surface area contributed by atoms with Crippen LogP contribution in [0.2, 0.25) is 10.6 Å². The van der Waals surface area contributed by atoms with Crippen LogP contribution in [0.3, 0.4) is 0 Å². The van der Waals surface area contributed by atoms with E-state index in [-0.39, 0.29) is 16.5 Å². The fourth-order valence-corrected chi connectivity index (χ4v) is 1.34. The van der Waals surface area contributed by atoms with E-state index < -0.39 is 0 Å². The minimum Gasteiger partial charge on any atom is -0.359 e. The summed E-state index contributed by atoms with van der Waals surface area (Å²) in [6.07, 6.45) is 0.341. The van der Waals surface area contributed by atoms with Crippen LogP contribution >= 0.6 is 23.2 Å². The lowest BCUT2D eigenvalue weighted by molar-refractivity contribution is -0.120. The van der Waals surface area contributed by atoms with Crippen molar-refractivity contribution < 1.29 is 4.79 Å². The topological polar surface area (TPSA) is 71.0 Å². The number of anilines is 1. The monoisotopic (exact) mass is 263 g/mol. The van der Waals surface area contributed by atoms with E-state index in [4.69, 9.17) is 23.2 Å². The number of hydrogen-bond donors (Lipinski definition) is 1. The van der Waals surface area contributed by atoms with Gasteiger partial charge in [-0.3, -0.25) is 4.79 Å². The molecule has 0 spiro atoms. The highest BCUT2D eigenvalue weighted by Gasteiger charge is 2.09. The Morgan fingerprint density at radius 1 is 1.31 bits per heavy atom. The predicted molar refractivity (Wildman–Crippen MR) is 61.8 cm³/mol. The number of halogens is 2. The summed E-state index contributed by atoms with van der Waals surface area (Å²) < 4.78 is 0. The summed E-state index contributed by atoms with van der Waals surface area (Å²) in [4.78, 5) is 24.1. The number of hydrogen-bond acceptors (Lipinski definition) is 5. The molecule has 88 valence electrons. The molecule has 0 radical (unpaired) electrons. The van der Waals surface area contributed by atoms with Gasteiger partial charge >= 0.3 is 0 Å². The highest BCUT2D eigenvalue weighted by molar-refractivity contribution is 6.31. The number of aromatic nitrogens is 3. The lowest BCUT2D eigenvalue weighted by atomic mass is 10.4. The average Bonchev–Trinajstić information content (AvgIpc) is 2.23. The van der Waals surface area contributed by atoms with Crippen molar-refractivity contribution in [3.8, 4) is 0 Å². The Bertz CT molecular complexity index is 366. The van der Waals surface area contributed by atoms with Crippen LogP contribution in [0, 0.1) is 0 Å². The Labute approximate surface area is 103 Å². The fourth-order valence-electron chi connectivity index (χ4n) is 0.981. The van der Waals surface area contributed by atoms with Crippen LogP contribution in [-0.4, -0.2) is 41.5 Å². The molecule has 16 heavy (non-hydrogen) atoms. The van der Waals surface area contributed by atoms with Crippen molar-refractivity contribution in [2.75, 3.05) is 25.5 Å². The number of rotatable bonds is 4. The summed E-state index contributed by atoms with van der Waals surface area (Å²) in [5.41, 5.74) is 0. The summed E-state index contributed by atoms with van der Waals surface area (Å²) in [7, 11) is 3.32. The first-order valence-electron chi connectivity index (χ1n) is 4.51. The van der Waals surface area contributed by atoms with E-state index in [9.17, 15) is 4.79 Å². The van der Waals surface area contributed by atoms with E-state index in [1.807, 2.05) is 0 Å². The zero-order valence-corrected chi connectivity index (χ0v) is 10.4. The van der Waals surface area contributed by atoms with Crippen molar-refractivity contribution in [3.05, 3.63) is 10.6 Å². The maximum atomic E-state index is 11.0. The molecular weight excluding hydrogens is 253 g/mol. The number of carbonyl (C=O) groups is 1. The maximum absolute atomic E-state index is 11.0. The fraction of sp³-hybridized carbons (Fsp3) is 0.500. The van der Waals surface area contributed by atoms with Crippen molar-refractivity contribution in [3.63, 3.8) is 0 Å². The molecule has 0 atom stereocenters. The summed E-state index contributed by atoms with van der Waals surface area (Å²) in [6, 6.07) is 0. The second-order valence-electron chi connectivity index (χ2n) is 3.02. The quantitative estimate of drug-likeness (QED) is 0.868. The van der Waals surface area contributed by atoms with Crippen LogP contribution in [-0.2, 0) is 4.79 Å². The van der Waals surface area contributed by atoms with Gasteiger partial charge in [-0.05, 0) is 23.2 Å². The van der Waals surface area contributed by atoms with Gasteiger partial charge in [-0.2, -0.15) is 15.0 Å². The largest absolute Gasteiger partial charge is 0.359 e. The standard InChI is InChI=1S/C8H11Cl2N5O/c1-11-5(16)3-4-15(2)8-13-6(9)12-7(10)14-8/h3-4H2,1-2H3,(H,11,16). The minimum absolute atomic E-state index is 0.0294. The Morgan fingerprint density at radius 2 is 1.88 bits per heavy atom. The predicted octanol–water partition coefficient (Wildman–Crippen LogP) is 0.751. The third kappa shape index (κ3) is 3.79. The van der Waals surface area contributed by atoms with Gasteiger partial charge in [0, 0.05) is 27.1 Å². The number of nitrogens with one attached hydrogen (secondary N) is 1. The molecule has 1 heterocycles. The molecule has 0 bridgehead atoms. The molecule has 1 rings (SSSR count). The second-order valence-corrected chi connectivity index (χ2v) is 3.69. The Kier molecular flexibility index (Phi) is 4.70. The van der Waals surface area contributed by atoms with Gasteiger partial charge in [-0.25, -0.2) is 0 Å². The molecule has 1 aromatic heterocycles. The van der Waals surface area contributed by atoms with Gasteiger partial charge in [0.05, 0.1) is 0 Å². The summed E-state index contributed by atoms with van der Waals surface area (Å²) >= 11 is 11.3. The van der Waals surface area contributed by atoms with E-state index in [1.54, 1.807) is 19.0 Å². The van der Waals surface area contributed by atoms with E-state index in [0.717, 1.165) is 0 Å². The third-order valence-corrected chi connectivity index (χ3v) is 2.20. The lowest BCUT2D eigenvalue weighted by Gasteiger charge is -2.16. The van der Waals surface area contributed by atoms with Gasteiger partial charge in [0.15, 0.2) is 0 Å². The molecule has 1 amide bonds. The van der Waals surface area contributed by atoms with Crippen LogP contribution in [0.4, 0.5) is 5.95 Å². The molecule has 1 aromatic rings. The average molecular weight is 264 g/mol. The second kappa shape index (κ2) is 5.81. The van der Waals surface area contributed by atoms with Gasteiger partial charge in [-0.15, -0.1) is 0 Å². The summed E-state index contributed by atoms with van der Waals surface area (Å²) in [5.74, 6) is 0.284. The van der Waals surface area contributed by atoms with Crippen molar-refractivity contribution in [2.45, 2.75) is 6.42 Å². The number of carbonyl (C=O) groups excluding carboxylic acids is 1. The van der Waals surface area contributed by atoms with Crippen LogP contribution < -0.4 is 10.2 Å². The zero-order valence-electron chi connectivity index (χ0n) is 8.87. The molecule has 0 saturated carbocycles. The SMILES string of the molecule is CNC(=O)CCN(C)c1nc(Cl)nc(Cl)n1. The van der Waals surface area contributed by atoms with Crippen LogP contribution in [0.1, 0.15) is 6.42 Å². The number of amides is 1. The minimum atomic E-state index is -0.0573. The molecule has 0 aliphatic heterocycles. The molecule has 0 aliphatic rings. The van der Waals surface area contributed by atoms with Gasteiger partial charge in [0.25, 0.3) is 0 Å². The highest BCUT2D eigenvalue weighted by atomic mass is 35.5. The van der Waals surface area contributed by atoms with E-state index in [0.29, 0.717) is 18.9 Å². The van der Waals surface area contributed by atoms with Crippen LogP contribution in [0.25, 0.3) is 0 Å². The van der Waals surface area contributed by atoms with Gasteiger partial charge < -0.3 is 10.2 Å². The molecule has 0 unspecified atom stereocenters. The molecule has 0 aliphatic carbocycles. The van der Waals surface area contributed by atoms with Crippen molar-refractivity contribution in [2.24, 2.45) is 0 Å². The molecule has 0 aromatic carbocycles. The first kappa shape index (κ1) is 12.9. The van der Waals surface area contributed by atoms with Crippen molar-refractivity contribution in [1.29, 1.82) is 0 Å². The molecule has 0 saturated heterocycles.